The van der Waals surface area contributed by atoms with Crippen molar-refractivity contribution in [2.75, 3.05) is 13.2 Å². The maximum Gasteiger partial charge on any atom is 0.303 e. The molecule has 0 aliphatic heterocycles. The summed E-state index contributed by atoms with van der Waals surface area (Å²) in [6.07, 6.45) is 1.92. The van der Waals surface area contributed by atoms with Crippen LogP contribution in [-0.2, 0) is 14.3 Å². The average molecular weight is 201 g/mol. The van der Waals surface area contributed by atoms with E-state index < -0.39 is 5.97 Å². The number of carboxylic acids is 1. The van der Waals surface area contributed by atoms with Gasteiger partial charge in [0.25, 0.3) is 0 Å². The maximum absolute atomic E-state index is 10.9. The lowest BCUT2D eigenvalue weighted by atomic mass is 10.3. The van der Waals surface area contributed by atoms with Crippen molar-refractivity contribution in [3.05, 3.63) is 12.8 Å². The zero-order valence-electron chi connectivity index (χ0n) is 7.99. The number of hydrogen-bond acceptors (Lipinski definition) is 3. The molecule has 0 bridgehead atoms. The molecule has 0 fully saturated rings. The first-order valence-corrected chi connectivity index (χ1v) is 4.38. The van der Waals surface area contributed by atoms with Crippen LogP contribution in [0.15, 0.2) is 12.8 Å². The third kappa shape index (κ3) is 8.58. The van der Waals surface area contributed by atoms with Crippen LogP contribution in [-0.4, -0.2) is 30.1 Å². The lowest BCUT2D eigenvalue weighted by Crippen LogP contribution is -2.25. The third-order valence-corrected chi connectivity index (χ3v) is 1.44. The highest BCUT2D eigenvalue weighted by Crippen LogP contribution is 1.89. The van der Waals surface area contributed by atoms with Gasteiger partial charge in [-0.15, -0.1) is 0 Å². The Labute approximate surface area is 82.7 Å². The van der Waals surface area contributed by atoms with Gasteiger partial charge in [0.1, 0.15) is 0 Å². The predicted octanol–water partition coefficient (Wildman–Crippen LogP) is 0.518. The summed E-state index contributed by atoms with van der Waals surface area (Å²) in [5.74, 6) is -1.21. The number of rotatable bonds is 8. The first-order valence-electron chi connectivity index (χ1n) is 4.38. The molecule has 0 aromatic rings. The number of nitrogens with one attached hydrogen (secondary N) is 1. The minimum absolute atomic E-state index is 0.0254. The summed E-state index contributed by atoms with van der Waals surface area (Å²) in [5, 5.41) is 10.9. The molecule has 5 nitrogen and oxygen atoms in total. The van der Waals surface area contributed by atoms with Crippen molar-refractivity contribution >= 4 is 11.9 Å². The second-order valence-corrected chi connectivity index (χ2v) is 2.63. The van der Waals surface area contributed by atoms with Gasteiger partial charge in [-0.25, -0.2) is 0 Å². The van der Waals surface area contributed by atoms with Gasteiger partial charge >= 0.3 is 5.97 Å². The predicted molar refractivity (Wildman–Crippen MR) is 50.6 cm³/mol. The van der Waals surface area contributed by atoms with Crippen molar-refractivity contribution < 1.29 is 19.4 Å². The van der Waals surface area contributed by atoms with Gasteiger partial charge < -0.3 is 15.2 Å². The molecular formula is C9H15NO4. The fourth-order valence-electron chi connectivity index (χ4n) is 0.775. The molecule has 1 amide bonds. The summed E-state index contributed by atoms with van der Waals surface area (Å²) in [5.41, 5.74) is 0. The summed E-state index contributed by atoms with van der Waals surface area (Å²) < 4.78 is 4.83. The van der Waals surface area contributed by atoms with Crippen molar-refractivity contribution in [1.29, 1.82) is 0 Å². The molecule has 0 saturated heterocycles. The van der Waals surface area contributed by atoms with Crippen molar-refractivity contribution in [2.24, 2.45) is 0 Å². The van der Waals surface area contributed by atoms with Gasteiger partial charge in [0.05, 0.1) is 19.3 Å². The lowest BCUT2D eigenvalue weighted by Gasteiger charge is -2.03. The van der Waals surface area contributed by atoms with Gasteiger partial charge in [-0.05, 0) is 6.42 Å². The van der Waals surface area contributed by atoms with Gasteiger partial charge in [-0.3, -0.25) is 9.59 Å². The third-order valence-electron chi connectivity index (χ3n) is 1.44. The molecule has 2 N–H and O–H groups in total. The van der Waals surface area contributed by atoms with Crippen LogP contribution in [0.5, 0.6) is 0 Å². The molecule has 0 heterocycles. The molecule has 0 radical (unpaired) electrons. The van der Waals surface area contributed by atoms with Crippen LogP contribution in [0, 0.1) is 0 Å². The normalized spacial score (nSPS) is 9.14. The number of ether oxygens (including phenoxy) is 1. The zero-order valence-corrected chi connectivity index (χ0v) is 7.99. The standard InChI is InChI=1S/C9H15NO4/c1-2-14-7-3-6-10-8(11)4-5-9(12)13/h2H,1,3-7H2,(H,10,11)(H,12,13). The van der Waals surface area contributed by atoms with E-state index in [9.17, 15) is 9.59 Å². The molecule has 0 aromatic carbocycles. The fourth-order valence-corrected chi connectivity index (χ4v) is 0.775. The number of hydrogen-bond donors (Lipinski definition) is 2. The highest BCUT2D eigenvalue weighted by atomic mass is 16.5. The molecule has 0 aliphatic carbocycles. The monoisotopic (exact) mass is 201 g/mol. The number of carbonyl (C=O) groups is 2. The highest BCUT2D eigenvalue weighted by Gasteiger charge is 2.03. The Balaban J connectivity index is 3.26. The SMILES string of the molecule is C=COCCCNC(=O)CCC(=O)O. The van der Waals surface area contributed by atoms with E-state index in [0.717, 1.165) is 0 Å². The van der Waals surface area contributed by atoms with Gasteiger partial charge in [-0.2, -0.15) is 0 Å². The molecule has 0 rings (SSSR count). The van der Waals surface area contributed by atoms with E-state index in [-0.39, 0.29) is 18.7 Å². The molecule has 0 unspecified atom stereocenters. The molecule has 14 heavy (non-hydrogen) atoms. The van der Waals surface area contributed by atoms with Crippen LogP contribution in [0.25, 0.3) is 0 Å². The Bertz CT molecular complexity index is 203. The van der Waals surface area contributed by atoms with Gasteiger partial charge in [-0.1, -0.05) is 6.58 Å². The molecule has 0 aromatic heterocycles. The highest BCUT2D eigenvalue weighted by molar-refractivity contribution is 5.80. The number of aliphatic carboxylic acids is 1. The second kappa shape index (κ2) is 8.10. The Morgan fingerprint density at radius 3 is 2.71 bits per heavy atom. The van der Waals surface area contributed by atoms with Gasteiger partial charge in [0, 0.05) is 13.0 Å². The quantitative estimate of drug-likeness (QED) is 0.443. The Morgan fingerprint density at radius 1 is 1.43 bits per heavy atom. The van der Waals surface area contributed by atoms with Gasteiger partial charge in [0.15, 0.2) is 0 Å². The summed E-state index contributed by atoms with van der Waals surface area (Å²) in [6, 6.07) is 0. The first kappa shape index (κ1) is 12.5. The Kier molecular flexibility index (Phi) is 7.22. The van der Waals surface area contributed by atoms with Crippen LogP contribution in [0.3, 0.4) is 0 Å². The van der Waals surface area contributed by atoms with E-state index in [1.54, 1.807) is 0 Å². The van der Waals surface area contributed by atoms with Crippen LogP contribution in [0.2, 0.25) is 0 Å². The van der Waals surface area contributed by atoms with Crippen molar-refractivity contribution in [2.45, 2.75) is 19.3 Å². The Hall–Kier alpha value is -1.52. The molecule has 5 heteroatoms. The molecule has 0 saturated carbocycles. The first-order chi connectivity index (χ1) is 6.66. The van der Waals surface area contributed by atoms with Crippen LogP contribution >= 0.6 is 0 Å². The van der Waals surface area contributed by atoms with E-state index in [1.807, 2.05) is 0 Å². The number of carbonyl (C=O) groups excluding carboxylic acids is 1. The van der Waals surface area contributed by atoms with Crippen molar-refractivity contribution in [1.82, 2.24) is 5.32 Å². The van der Waals surface area contributed by atoms with Crippen LogP contribution in [0.4, 0.5) is 0 Å². The molecule has 80 valence electrons. The molecule has 0 aliphatic rings. The molecule has 0 spiro atoms. The fraction of sp³-hybridized carbons (Fsp3) is 0.556. The average Bonchev–Trinajstić information content (AvgIpc) is 2.14. The maximum atomic E-state index is 10.9. The van der Waals surface area contributed by atoms with E-state index in [0.29, 0.717) is 19.6 Å². The zero-order chi connectivity index (χ0) is 10.8. The minimum atomic E-state index is -0.963. The summed E-state index contributed by atoms with van der Waals surface area (Å²) in [6.45, 7) is 4.36. The number of amides is 1. The Morgan fingerprint density at radius 2 is 2.14 bits per heavy atom. The number of carboxylic acid groups (broad SMARTS) is 1. The smallest absolute Gasteiger partial charge is 0.303 e. The minimum Gasteiger partial charge on any atom is -0.502 e. The molecular weight excluding hydrogens is 186 g/mol. The van der Waals surface area contributed by atoms with Crippen molar-refractivity contribution in [3.63, 3.8) is 0 Å². The van der Waals surface area contributed by atoms with E-state index in [2.05, 4.69) is 11.9 Å². The van der Waals surface area contributed by atoms with Crippen molar-refractivity contribution in [3.8, 4) is 0 Å². The summed E-state index contributed by atoms with van der Waals surface area (Å²) >= 11 is 0. The van der Waals surface area contributed by atoms with E-state index >= 15 is 0 Å². The largest absolute Gasteiger partial charge is 0.502 e. The van der Waals surface area contributed by atoms with Crippen LogP contribution in [0.1, 0.15) is 19.3 Å². The summed E-state index contributed by atoms with van der Waals surface area (Å²) in [7, 11) is 0. The van der Waals surface area contributed by atoms with Crippen LogP contribution < -0.4 is 5.32 Å². The van der Waals surface area contributed by atoms with E-state index in [1.165, 1.54) is 6.26 Å². The lowest BCUT2D eigenvalue weighted by molar-refractivity contribution is -0.138. The van der Waals surface area contributed by atoms with Gasteiger partial charge in [0.2, 0.25) is 5.91 Å². The molecule has 0 atom stereocenters. The topological polar surface area (TPSA) is 75.6 Å². The second-order valence-electron chi connectivity index (χ2n) is 2.63. The van der Waals surface area contributed by atoms with E-state index in [4.69, 9.17) is 9.84 Å². The summed E-state index contributed by atoms with van der Waals surface area (Å²) in [4.78, 5) is 21.1.